The van der Waals surface area contributed by atoms with Crippen LogP contribution in [-0.4, -0.2) is 52.1 Å². The normalized spacial score (nSPS) is 12.8. The van der Waals surface area contributed by atoms with Crippen molar-refractivity contribution >= 4 is 18.2 Å². The van der Waals surface area contributed by atoms with Crippen LogP contribution in [0.2, 0.25) is 0 Å². The van der Waals surface area contributed by atoms with Crippen LogP contribution in [0.1, 0.15) is 81.0 Å². The van der Waals surface area contributed by atoms with Gasteiger partial charge in [0.2, 0.25) is 0 Å². The number of benzene rings is 2. The number of nitrogens with zero attached hydrogens (tertiary/aromatic N) is 2. The number of hydrogen-bond donors (Lipinski definition) is 2. The van der Waals surface area contributed by atoms with Crippen LogP contribution in [-0.2, 0) is 20.7 Å². The summed E-state index contributed by atoms with van der Waals surface area (Å²) in [6.45, 7) is 2.60. The number of fused-ring (bicyclic) bond motifs is 3. The molecule has 218 valence electrons. The number of alkyl carbamates (subject to hydrolysis) is 1. The van der Waals surface area contributed by atoms with Gasteiger partial charge in [-0.25, -0.2) is 23.9 Å². The zero-order valence-electron chi connectivity index (χ0n) is 23.6. The summed E-state index contributed by atoms with van der Waals surface area (Å²) in [7, 11) is 0. The molecule has 1 atom stereocenters. The number of hydrogen-bond acceptors (Lipinski definition) is 6. The van der Waals surface area contributed by atoms with E-state index in [0.717, 1.165) is 41.5 Å². The van der Waals surface area contributed by atoms with Gasteiger partial charge in [-0.1, -0.05) is 100 Å². The van der Waals surface area contributed by atoms with Crippen LogP contribution in [0.5, 0.6) is 0 Å². The second-order valence-corrected chi connectivity index (χ2v) is 10.4. The molecule has 0 radical (unpaired) electrons. The molecule has 2 aromatic carbocycles. The molecule has 0 saturated carbocycles. The highest BCUT2D eigenvalue weighted by molar-refractivity contribution is 5.81. The Labute approximate surface area is 240 Å². The zero-order valence-corrected chi connectivity index (χ0v) is 23.6. The number of aromatic nitrogens is 2. The number of carboxylic acids is 1. The second kappa shape index (κ2) is 15.0. The minimum atomic E-state index is -1.28. The Balaban J connectivity index is 1.22. The maximum absolute atomic E-state index is 12.6. The molecule has 0 unspecified atom stereocenters. The number of carboxylic acid groups (broad SMARTS) is 1. The minimum absolute atomic E-state index is 0.0749. The van der Waals surface area contributed by atoms with Gasteiger partial charge in [0.25, 0.3) is 0 Å². The third kappa shape index (κ3) is 8.19. The van der Waals surface area contributed by atoms with Crippen LogP contribution in [0.25, 0.3) is 11.1 Å². The number of rotatable bonds is 15. The number of ether oxygens (including phenoxy) is 2. The molecule has 0 fully saturated rings. The van der Waals surface area contributed by atoms with E-state index < -0.39 is 24.2 Å². The summed E-state index contributed by atoms with van der Waals surface area (Å²) in [5.41, 5.74) is 4.67. The SMILES string of the molecule is CCCCCCCCCCOC(=O)n1cnc(C[C@H](NC(=O)OCC2c3ccccc3-c3ccccc32)C(=O)O)c1. The van der Waals surface area contributed by atoms with Gasteiger partial charge in [-0.05, 0) is 28.7 Å². The molecule has 0 bridgehead atoms. The third-order valence-electron chi connectivity index (χ3n) is 7.42. The quantitative estimate of drug-likeness (QED) is 0.202. The highest BCUT2D eigenvalue weighted by Gasteiger charge is 2.30. The molecule has 41 heavy (non-hydrogen) atoms. The molecule has 1 amide bonds. The van der Waals surface area contributed by atoms with Crippen LogP contribution >= 0.6 is 0 Å². The highest BCUT2D eigenvalue weighted by Crippen LogP contribution is 2.44. The molecule has 2 N–H and O–H groups in total. The van der Waals surface area contributed by atoms with Crippen LogP contribution in [0.4, 0.5) is 9.59 Å². The molecule has 0 saturated heterocycles. The molecule has 1 aliphatic carbocycles. The summed E-state index contributed by atoms with van der Waals surface area (Å²) in [4.78, 5) is 40.9. The Morgan fingerprint density at radius 1 is 0.902 bits per heavy atom. The molecule has 1 aromatic heterocycles. The van der Waals surface area contributed by atoms with E-state index in [1.807, 2.05) is 48.5 Å². The van der Waals surface area contributed by atoms with Crippen molar-refractivity contribution in [3.63, 3.8) is 0 Å². The van der Waals surface area contributed by atoms with Crippen molar-refractivity contribution in [2.45, 2.75) is 76.7 Å². The van der Waals surface area contributed by atoms with Crippen molar-refractivity contribution in [1.29, 1.82) is 0 Å². The molecule has 0 aliphatic heterocycles. The number of nitrogens with one attached hydrogen (secondary N) is 1. The largest absolute Gasteiger partial charge is 0.480 e. The van der Waals surface area contributed by atoms with Crippen molar-refractivity contribution < 1.29 is 29.0 Å². The molecule has 0 spiro atoms. The fourth-order valence-electron chi connectivity index (χ4n) is 5.23. The van der Waals surface area contributed by atoms with Gasteiger partial charge in [-0.2, -0.15) is 0 Å². The number of carbonyl (C=O) groups excluding carboxylic acids is 2. The molecule has 1 aliphatic rings. The number of amides is 1. The van der Waals surface area contributed by atoms with Crippen molar-refractivity contribution in [2.24, 2.45) is 0 Å². The molecule has 9 nitrogen and oxygen atoms in total. The smallest absolute Gasteiger partial charge is 0.419 e. The maximum atomic E-state index is 12.6. The summed E-state index contributed by atoms with van der Waals surface area (Å²) in [5.74, 6) is -1.37. The number of imidazole rings is 1. The lowest BCUT2D eigenvalue weighted by atomic mass is 9.98. The molecular formula is C32H39N3O6. The summed E-state index contributed by atoms with van der Waals surface area (Å²) in [6, 6.07) is 14.7. The first-order valence-electron chi connectivity index (χ1n) is 14.5. The van der Waals surface area contributed by atoms with Crippen molar-refractivity contribution in [2.75, 3.05) is 13.2 Å². The highest BCUT2D eigenvalue weighted by atomic mass is 16.6. The summed E-state index contributed by atoms with van der Waals surface area (Å²) >= 11 is 0. The standard InChI is InChI=1S/C32H39N3O6/c1-2-3-4-5-6-7-8-13-18-40-32(39)35-20-23(33-22-35)19-29(30(36)37)34-31(38)41-21-28-26-16-11-9-14-24(26)25-15-10-12-17-27(25)28/h9-12,14-17,20,22,28-29H,2-8,13,18-19,21H2,1H3,(H,34,38)(H,36,37)/t29-/m0/s1. The minimum Gasteiger partial charge on any atom is -0.480 e. The molecular weight excluding hydrogens is 522 g/mol. The van der Waals surface area contributed by atoms with E-state index in [0.29, 0.717) is 12.3 Å². The van der Waals surface area contributed by atoms with Gasteiger partial charge >= 0.3 is 18.2 Å². The van der Waals surface area contributed by atoms with E-state index in [2.05, 4.69) is 17.2 Å². The molecule has 9 heteroatoms. The van der Waals surface area contributed by atoms with Gasteiger partial charge in [-0.15, -0.1) is 0 Å². The fraction of sp³-hybridized carbons (Fsp3) is 0.438. The Bertz CT molecular complexity index is 1270. The number of carbonyl (C=O) groups is 3. The predicted molar refractivity (Wildman–Crippen MR) is 155 cm³/mol. The monoisotopic (exact) mass is 561 g/mol. The van der Waals surface area contributed by atoms with E-state index in [1.54, 1.807) is 0 Å². The van der Waals surface area contributed by atoms with Crippen LogP contribution in [0.15, 0.2) is 61.1 Å². The maximum Gasteiger partial charge on any atom is 0.419 e. The van der Waals surface area contributed by atoms with Crippen LogP contribution in [0, 0.1) is 0 Å². The van der Waals surface area contributed by atoms with Crippen molar-refractivity contribution in [3.8, 4) is 11.1 Å². The van der Waals surface area contributed by atoms with Gasteiger partial charge in [0, 0.05) is 18.5 Å². The molecule has 1 heterocycles. The van der Waals surface area contributed by atoms with E-state index in [4.69, 9.17) is 9.47 Å². The van der Waals surface area contributed by atoms with Gasteiger partial charge in [-0.3, -0.25) is 0 Å². The summed E-state index contributed by atoms with van der Waals surface area (Å²) in [6.07, 6.45) is 10.4. The van der Waals surface area contributed by atoms with E-state index in [-0.39, 0.29) is 18.9 Å². The lowest BCUT2D eigenvalue weighted by Crippen LogP contribution is -2.43. The van der Waals surface area contributed by atoms with Crippen LogP contribution in [0.3, 0.4) is 0 Å². The Kier molecular flexibility index (Phi) is 10.9. The first-order chi connectivity index (χ1) is 20.0. The topological polar surface area (TPSA) is 120 Å². The number of unbranched alkanes of at least 4 members (excludes halogenated alkanes) is 7. The second-order valence-electron chi connectivity index (χ2n) is 10.4. The Hall–Kier alpha value is -4.14. The first kappa shape index (κ1) is 29.8. The predicted octanol–water partition coefficient (Wildman–Crippen LogP) is 6.54. The molecule has 3 aromatic rings. The first-order valence-corrected chi connectivity index (χ1v) is 14.5. The van der Waals surface area contributed by atoms with E-state index >= 15 is 0 Å². The van der Waals surface area contributed by atoms with Gasteiger partial charge in [0.1, 0.15) is 19.0 Å². The Morgan fingerprint density at radius 2 is 1.51 bits per heavy atom. The average Bonchev–Trinajstić information content (AvgIpc) is 3.57. The van der Waals surface area contributed by atoms with Crippen molar-refractivity contribution in [3.05, 3.63) is 77.9 Å². The van der Waals surface area contributed by atoms with Crippen LogP contribution < -0.4 is 5.32 Å². The zero-order chi connectivity index (χ0) is 29.0. The summed E-state index contributed by atoms with van der Waals surface area (Å²) < 4.78 is 12.0. The number of aliphatic carboxylic acids is 1. The van der Waals surface area contributed by atoms with Gasteiger partial charge in [0.15, 0.2) is 0 Å². The lowest BCUT2D eigenvalue weighted by Gasteiger charge is -2.17. The van der Waals surface area contributed by atoms with Crippen molar-refractivity contribution in [1.82, 2.24) is 14.9 Å². The molecule has 4 rings (SSSR count). The Morgan fingerprint density at radius 3 is 2.15 bits per heavy atom. The van der Waals surface area contributed by atoms with Gasteiger partial charge < -0.3 is 19.9 Å². The lowest BCUT2D eigenvalue weighted by molar-refractivity contribution is -0.139. The third-order valence-corrected chi connectivity index (χ3v) is 7.42. The fourth-order valence-corrected chi connectivity index (χ4v) is 5.23. The van der Waals surface area contributed by atoms with E-state index in [9.17, 15) is 19.5 Å². The summed E-state index contributed by atoms with van der Waals surface area (Å²) in [5, 5.41) is 12.1. The van der Waals surface area contributed by atoms with Gasteiger partial charge in [0.05, 0.1) is 12.3 Å². The average molecular weight is 562 g/mol. The van der Waals surface area contributed by atoms with E-state index in [1.165, 1.54) is 49.2 Å².